The predicted molar refractivity (Wildman–Crippen MR) is 137 cm³/mol. The molecular weight excluding hydrogens is 426 g/mol. The van der Waals surface area contributed by atoms with E-state index in [1.807, 2.05) is 24.8 Å². The summed E-state index contributed by atoms with van der Waals surface area (Å²) in [6, 6.07) is 17.3. The van der Waals surface area contributed by atoms with E-state index in [0.29, 0.717) is 10.9 Å². The average molecular weight is 460 g/mol. The van der Waals surface area contributed by atoms with Crippen LogP contribution in [0, 0.1) is 27.7 Å². The summed E-state index contributed by atoms with van der Waals surface area (Å²) in [5, 5.41) is 0.657. The lowest BCUT2D eigenvalue weighted by Gasteiger charge is -2.51. The molecule has 0 bridgehead atoms. The van der Waals surface area contributed by atoms with Crippen molar-refractivity contribution in [3.63, 3.8) is 0 Å². The third-order valence-electron chi connectivity index (χ3n) is 6.60. The number of carbonyl (C=O) groups is 1. The molecule has 3 aromatic rings. The zero-order valence-electron chi connectivity index (χ0n) is 20.7. The van der Waals surface area contributed by atoms with Gasteiger partial charge in [-0.05, 0) is 71.2 Å². The Morgan fingerprint density at radius 1 is 0.909 bits per heavy atom. The van der Waals surface area contributed by atoms with Gasteiger partial charge in [0.2, 0.25) is 5.91 Å². The first-order valence-corrected chi connectivity index (χ1v) is 12.4. The van der Waals surface area contributed by atoms with E-state index < -0.39 is 0 Å². The van der Waals surface area contributed by atoms with Gasteiger partial charge in [0.05, 0.1) is 5.75 Å². The molecule has 5 heteroatoms. The molecule has 33 heavy (non-hydrogen) atoms. The first kappa shape index (κ1) is 23.5. The number of nitrogens with zero attached hydrogens (tertiary/aromatic N) is 3. The van der Waals surface area contributed by atoms with Gasteiger partial charge >= 0.3 is 0 Å². The summed E-state index contributed by atoms with van der Waals surface area (Å²) < 4.78 is 0. The minimum atomic E-state index is -0.344. The fourth-order valence-corrected chi connectivity index (χ4v) is 6.05. The highest BCUT2D eigenvalue weighted by molar-refractivity contribution is 7.99. The lowest BCUT2D eigenvalue weighted by Crippen LogP contribution is -2.56. The Kier molecular flexibility index (Phi) is 6.12. The number of aryl methyl sites for hydroxylation is 4. The van der Waals surface area contributed by atoms with Gasteiger partial charge in [0, 0.05) is 28.0 Å². The first-order chi connectivity index (χ1) is 15.5. The molecule has 1 aliphatic heterocycles. The number of aromatic nitrogens is 2. The zero-order valence-corrected chi connectivity index (χ0v) is 21.5. The summed E-state index contributed by atoms with van der Waals surface area (Å²) in [7, 11) is 0. The van der Waals surface area contributed by atoms with Crippen molar-refractivity contribution in [2.45, 2.75) is 71.0 Å². The summed E-state index contributed by atoms with van der Waals surface area (Å²) in [6.07, 6.45) is 0.843. The molecular formula is C28H33N3OS. The molecule has 0 radical (unpaired) electrons. The van der Waals surface area contributed by atoms with Crippen LogP contribution >= 0.6 is 11.8 Å². The second-order valence-electron chi connectivity index (χ2n) is 10.2. The highest BCUT2D eigenvalue weighted by Crippen LogP contribution is 2.50. The van der Waals surface area contributed by atoms with Crippen LogP contribution in [0.2, 0.25) is 0 Å². The number of carbonyl (C=O) groups excluding carboxylic acids is 1. The van der Waals surface area contributed by atoms with Crippen LogP contribution in [0.4, 0.5) is 5.69 Å². The van der Waals surface area contributed by atoms with Gasteiger partial charge in [-0.15, -0.1) is 0 Å². The van der Waals surface area contributed by atoms with E-state index in [2.05, 4.69) is 87.1 Å². The largest absolute Gasteiger partial charge is 0.306 e. The van der Waals surface area contributed by atoms with Crippen LogP contribution < -0.4 is 4.90 Å². The molecule has 0 saturated heterocycles. The Labute approximate surface area is 201 Å². The molecule has 172 valence electrons. The van der Waals surface area contributed by atoms with Crippen molar-refractivity contribution < 1.29 is 4.79 Å². The minimum absolute atomic E-state index is 0.0869. The minimum Gasteiger partial charge on any atom is -0.306 e. The van der Waals surface area contributed by atoms with Gasteiger partial charge in [0.1, 0.15) is 0 Å². The van der Waals surface area contributed by atoms with Crippen LogP contribution in [0.15, 0.2) is 53.7 Å². The highest BCUT2D eigenvalue weighted by Gasteiger charge is 2.47. The molecule has 1 aromatic heterocycles. The summed E-state index contributed by atoms with van der Waals surface area (Å²) in [4.78, 5) is 24.6. The number of fused-ring (bicyclic) bond motifs is 1. The molecule has 0 spiro atoms. The maximum absolute atomic E-state index is 13.6. The molecule has 1 amide bonds. The molecule has 1 unspecified atom stereocenters. The second-order valence-corrected chi connectivity index (χ2v) is 11.1. The lowest BCUT2D eigenvalue weighted by molar-refractivity contribution is -0.117. The van der Waals surface area contributed by atoms with E-state index in [4.69, 9.17) is 0 Å². The maximum Gasteiger partial charge on any atom is 0.237 e. The van der Waals surface area contributed by atoms with E-state index >= 15 is 0 Å². The third kappa shape index (κ3) is 4.56. The van der Waals surface area contributed by atoms with Crippen LogP contribution in [0.3, 0.4) is 0 Å². The number of benzene rings is 2. The number of thioether (sulfide) groups is 1. The van der Waals surface area contributed by atoms with Crippen LogP contribution in [-0.4, -0.2) is 27.2 Å². The fraction of sp³-hybridized carbons (Fsp3) is 0.393. The molecule has 2 aromatic carbocycles. The quantitative estimate of drug-likeness (QED) is 0.338. The molecule has 0 fully saturated rings. The molecule has 1 aliphatic rings. The topological polar surface area (TPSA) is 46.1 Å². The van der Waals surface area contributed by atoms with Gasteiger partial charge in [0.15, 0.2) is 5.16 Å². The summed E-state index contributed by atoms with van der Waals surface area (Å²) in [5.74, 6) is 0.393. The van der Waals surface area contributed by atoms with Crippen molar-refractivity contribution in [1.82, 2.24) is 9.97 Å². The summed E-state index contributed by atoms with van der Waals surface area (Å²) >= 11 is 1.41. The molecule has 0 saturated carbocycles. The number of hydrogen-bond donors (Lipinski definition) is 0. The molecule has 0 N–H and O–H groups in total. The zero-order chi connectivity index (χ0) is 24.0. The van der Waals surface area contributed by atoms with E-state index in [0.717, 1.165) is 23.5 Å². The van der Waals surface area contributed by atoms with Gasteiger partial charge in [-0.25, -0.2) is 9.97 Å². The smallest absolute Gasteiger partial charge is 0.237 e. The molecule has 4 rings (SSSR count). The average Bonchev–Trinajstić information content (AvgIpc) is 2.72. The van der Waals surface area contributed by atoms with E-state index in [9.17, 15) is 4.79 Å². The third-order valence-corrected chi connectivity index (χ3v) is 7.44. The Bertz CT molecular complexity index is 1180. The van der Waals surface area contributed by atoms with E-state index in [-0.39, 0.29) is 16.9 Å². The van der Waals surface area contributed by atoms with Crippen molar-refractivity contribution in [2.75, 3.05) is 10.7 Å². The van der Waals surface area contributed by atoms with Gasteiger partial charge < -0.3 is 4.90 Å². The van der Waals surface area contributed by atoms with Crippen molar-refractivity contribution >= 4 is 23.4 Å². The van der Waals surface area contributed by atoms with Crippen LogP contribution in [-0.2, 0) is 10.2 Å². The van der Waals surface area contributed by atoms with Crippen LogP contribution in [0.1, 0.15) is 60.8 Å². The Hall–Kier alpha value is -2.66. The molecule has 2 heterocycles. The number of rotatable bonds is 4. The van der Waals surface area contributed by atoms with Crippen molar-refractivity contribution in [3.05, 3.63) is 82.2 Å². The normalized spacial score (nSPS) is 19.3. The van der Waals surface area contributed by atoms with Gasteiger partial charge in [0.25, 0.3) is 0 Å². The molecule has 4 nitrogen and oxygen atoms in total. The van der Waals surface area contributed by atoms with Gasteiger partial charge in [-0.2, -0.15) is 0 Å². The number of hydrogen-bond acceptors (Lipinski definition) is 4. The van der Waals surface area contributed by atoms with Gasteiger partial charge in [-0.1, -0.05) is 66.2 Å². The van der Waals surface area contributed by atoms with Gasteiger partial charge in [-0.3, -0.25) is 4.79 Å². The number of anilines is 1. The molecule has 1 atom stereocenters. The number of amides is 1. The highest BCUT2D eigenvalue weighted by atomic mass is 32.2. The standard InChI is InChI=1S/C28H33N3OS/c1-18-8-11-22(12-9-18)28(7)17-27(5,6)31(24-13-10-19(2)14-23(24)28)25(32)16-33-26-29-20(3)15-21(4)30-26/h8-15H,16-17H2,1-7H3. The van der Waals surface area contributed by atoms with Crippen molar-refractivity contribution in [3.8, 4) is 0 Å². The van der Waals surface area contributed by atoms with Crippen LogP contribution in [0.25, 0.3) is 0 Å². The summed E-state index contributed by atoms with van der Waals surface area (Å²) in [6.45, 7) is 14.8. The Morgan fingerprint density at radius 3 is 2.15 bits per heavy atom. The van der Waals surface area contributed by atoms with Crippen molar-refractivity contribution in [2.24, 2.45) is 0 Å². The van der Waals surface area contributed by atoms with Crippen molar-refractivity contribution in [1.29, 1.82) is 0 Å². The SMILES string of the molecule is Cc1ccc(C2(C)CC(C)(C)N(C(=O)CSc3nc(C)cc(C)n3)c3ccc(C)cc32)cc1. The predicted octanol–water partition coefficient (Wildman–Crippen LogP) is 6.32. The Balaban J connectivity index is 1.72. The van der Waals surface area contributed by atoms with E-state index in [1.165, 1.54) is 34.0 Å². The fourth-order valence-electron chi connectivity index (χ4n) is 5.25. The summed E-state index contributed by atoms with van der Waals surface area (Å²) in [5.41, 5.74) is 7.29. The second kappa shape index (κ2) is 8.60. The maximum atomic E-state index is 13.6. The first-order valence-electron chi connectivity index (χ1n) is 11.5. The lowest BCUT2D eigenvalue weighted by atomic mass is 9.65. The van der Waals surface area contributed by atoms with Crippen LogP contribution in [0.5, 0.6) is 0 Å². The van der Waals surface area contributed by atoms with E-state index in [1.54, 1.807) is 0 Å². The Morgan fingerprint density at radius 2 is 1.52 bits per heavy atom. The monoisotopic (exact) mass is 459 g/mol. The molecule has 0 aliphatic carbocycles.